The second-order valence-corrected chi connectivity index (χ2v) is 6.59. The van der Waals surface area contributed by atoms with Gasteiger partial charge in [0, 0.05) is 30.6 Å². The third-order valence-electron chi connectivity index (χ3n) is 4.73. The van der Waals surface area contributed by atoms with E-state index in [0.29, 0.717) is 24.5 Å². The summed E-state index contributed by atoms with van der Waals surface area (Å²) >= 11 is 0. The van der Waals surface area contributed by atoms with Gasteiger partial charge in [-0.15, -0.1) is 0 Å². The number of epoxide rings is 1. The maximum Gasteiger partial charge on any atom is 0.338 e. The molecule has 1 saturated heterocycles. The van der Waals surface area contributed by atoms with Crippen LogP contribution in [0, 0.1) is 6.92 Å². The fourth-order valence-corrected chi connectivity index (χ4v) is 3.12. The first-order chi connectivity index (χ1) is 12.5. The van der Waals surface area contributed by atoms with Gasteiger partial charge in [-0.25, -0.2) is 4.79 Å². The van der Waals surface area contributed by atoms with Crippen molar-refractivity contribution < 1.29 is 14.3 Å². The third kappa shape index (κ3) is 3.21. The van der Waals surface area contributed by atoms with Crippen molar-refractivity contribution >= 4 is 16.9 Å². The number of hydrogen-bond donors (Lipinski definition) is 1. The summed E-state index contributed by atoms with van der Waals surface area (Å²) < 4.78 is 10.4. The molecule has 0 spiro atoms. The molecule has 0 amide bonds. The van der Waals surface area contributed by atoms with E-state index < -0.39 is 11.9 Å². The van der Waals surface area contributed by atoms with Gasteiger partial charge in [0.2, 0.25) is 5.71 Å². The number of aliphatic hydroxyl groups is 1. The highest BCUT2D eigenvalue weighted by Gasteiger charge is 2.36. The lowest BCUT2D eigenvalue weighted by molar-refractivity contribution is 0.156. The summed E-state index contributed by atoms with van der Waals surface area (Å²) in [4.78, 5) is 18.5. The number of aryl methyl sites for hydroxylation is 1. The second kappa shape index (κ2) is 6.55. The summed E-state index contributed by atoms with van der Waals surface area (Å²) in [6.45, 7) is 2.70. The molecule has 0 saturated carbocycles. The zero-order chi connectivity index (χ0) is 18.3. The third-order valence-corrected chi connectivity index (χ3v) is 4.73. The lowest BCUT2D eigenvalue weighted by atomic mass is 9.99. The molecule has 2 unspecified atom stereocenters. The predicted octanol–water partition coefficient (Wildman–Crippen LogP) is 2.71. The molecule has 1 fully saturated rings. The molecule has 2 aromatic heterocycles. The fourth-order valence-electron chi connectivity index (χ4n) is 3.12. The van der Waals surface area contributed by atoms with Crippen LogP contribution in [-0.4, -0.2) is 36.1 Å². The highest BCUT2D eigenvalue weighted by atomic mass is 16.7. The first kappa shape index (κ1) is 16.8. The number of benzene rings is 1. The lowest BCUT2D eigenvalue weighted by Crippen LogP contribution is -2.21. The molecule has 2 atom stereocenters. The Morgan fingerprint density at radius 2 is 1.96 bits per heavy atom. The van der Waals surface area contributed by atoms with E-state index >= 15 is 0 Å². The van der Waals surface area contributed by atoms with Gasteiger partial charge < -0.3 is 19.2 Å². The van der Waals surface area contributed by atoms with Crippen LogP contribution in [0.2, 0.25) is 0 Å². The molecule has 134 valence electrons. The molecule has 0 aliphatic carbocycles. The van der Waals surface area contributed by atoms with Crippen molar-refractivity contribution in [1.82, 2.24) is 4.98 Å². The van der Waals surface area contributed by atoms with Crippen molar-refractivity contribution in [2.75, 3.05) is 18.5 Å². The molecule has 6 nitrogen and oxygen atoms in total. The Hall–Kier alpha value is -2.70. The summed E-state index contributed by atoms with van der Waals surface area (Å²) in [6, 6.07) is 13.3. The highest BCUT2D eigenvalue weighted by molar-refractivity contribution is 5.92. The van der Waals surface area contributed by atoms with Gasteiger partial charge in [-0.1, -0.05) is 24.3 Å². The van der Waals surface area contributed by atoms with E-state index in [2.05, 4.69) is 4.98 Å². The molecule has 1 aliphatic heterocycles. The molecular formula is C20H20N2O4. The van der Waals surface area contributed by atoms with Crippen LogP contribution >= 0.6 is 0 Å². The predicted molar refractivity (Wildman–Crippen MR) is 99.2 cm³/mol. The molecule has 1 aromatic carbocycles. The van der Waals surface area contributed by atoms with E-state index in [1.165, 1.54) is 6.07 Å². The van der Waals surface area contributed by atoms with Gasteiger partial charge in [0.25, 0.3) is 0 Å². The fraction of sp³-hybridized carbons (Fsp3) is 0.300. The van der Waals surface area contributed by atoms with Crippen LogP contribution in [0.3, 0.4) is 0 Å². The molecule has 3 aromatic rings. The second-order valence-electron chi connectivity index (χ2n) is 6.59. The Kier molecular flexibility index (Phi) is 4.22. The Balaban J connectivity index is 1.70. The SMILES string of the molecule is Cc1ccccc1-c1cc(=O)oc2nc(N(C)CCC3OC3O)ccc12. The largest absolute Gasteiger partial charge is 0.404 e. The number of ether oxygens (including phenoxy) is 1. The minimum Gasteiger partial charge on any atom is -0.404 e. The van der Waals surface area contributed by atoms with Gasteiger partial charge in [-0.2, -0.15) is 4.98 Å². The number of hydrogen-bond acceptors (Lipinski definition) is 6. The summed E-state index contributed by atoms with van der Waals surface area (Å²) in [7, 11) is 1.91. The first-order valence-corrected chi connectivity index (χ1v) is 8.58. The van der Waals surface area contributed by atoms with Crippen LogP contribution in [-0.2, 0) is 4.74 Å². The number of anilines is 1. The summed E-state index contributed by atoms with van der Waals surface area (Å²) in [5.41, 5.74) is 2.81. The molecule has 3 heterocycles. The van der Waals surface area contributed by atoms with Crippen molar-refractivity contribution in [3.05, 3.63) is 58.4 Å². The molecule has 4 rings (SSSR count). The van der Waals surface area contributed by atoms with E-state index in [4.69, 9.17) is 9.15 Å². The van der Waals surface area contributed by atoms with Crippen molar-refractivity contribution in [2.24, 2.45) is 0 Å². The Labute approximate surface area is 150 Å². The number of fused-ring (bicyclic) bond motifs is 1. The van der Waals surface area contributed by atoms with Crippen LogP contribution < -0.4 is 10.5 Å². The average molecular weight is 352 g/mol. The summed E-state index contributed by atoms with van der Waals surface area (Å²) in [6.07, 6.45) is -0.0175. The Morgan fingerprint density at radius 1 is 1.19 bits per heavy atom. The first-order valence-electron chi connectivity index (χ1n) is 8.58. The van der Waals surface area contributed by atoms with Gasteiger partial charge in [0.05, 0.1) is 0 Å². The topological polar surface area (TPSA) is 79.1 Å². The van der Waals surface area contributed by atoms with Crippen LogP contribution in [0.25, 0.3) is 22.2 Å². The zero-order valence-electron chi connectivity index (χ0n) is 14.7. The molecule has 1 aliphatic rings. The van der Waals surface area contributed by atoms with Gasteiger partial charge >= 0.3 is 5.63 Å². The van der Waals surface area contributed by atoms with Gasteiger partial charge in [0.1, 0.15) is 11.9 Å². The Bertz CT molecular complexity index is 1010. The Morgan fingerprint density at radius 3 is 2.69 bits per heavy atom. The van der Waals surface area contributed by atoms with Crippen molar-refractivity contribution in [1.29, 1.82) is 0 Å². The minimum absolute atomic E-state index is 0.0940. The molecule has 1 N–H and O–H groups in total. The number of aromatic nitrogens is 1. The zero-order valence-corrected chi connectivity index (χ0v) is 14.7. The lowest BCUT2D eigenvalue weighted by Gasteiger charge is -2.18. The van der Waals surface area contributed by atoms with Crippen LogP contribution in [0.4, 0.5) is 5.82 Å². The monoisotopic (exact) mass is 352 g/mol. The van der Waals surface area contributed by atoms with Crippen molar-refractivity contribution in [2.45, 2.75) is 25.7 Å². The van der Waals surface area contributed by atoms with Crippen LogP contribution in [0.5, 0.6) is 0 Å². The number of nitrogens with zero attached hydrogens (tertiary/aromatic N) is 2. The highest BCUT2D eigenvalue weighted by Crippen LogP contribution is 2.30. The van der Waals surface area contributed by atoms with E-state index in [1.54, 1.807) is 0 Å². The maximum atomic E-state index is 12.1. The number of rotatable bonds is 5. The van der Waals surface area contributed by atoms with Crippen LogP contribution in [0.1, 0.15) is 12.0 Å². The van der Waals surface area contributed by atoms with E-state index in [0.717, 1.165) is 22.1 Å². The van der Waals surface area contributed by atoms with Gasteiger partial charge in [0.15, 0.2) is 6.29 Å². The van der Waals surface area contributed by atoms with Crippen molar-refractivity contribution in [3.63, 3.8) is 0 Å². The molecule has 0 radical (unpaired) electrons. The van der Waals surface area contributed by atoms with E-state index in [1.807, 2.05) is 55.3 Å². The standard InChI is InChI=1S/C20H20N2O4/c1-12-5-3-4-6-13(12)15-11-18(23)26-19-14(15)7-8-17(21-19)22(2)10-9-16-20(24)25-16/h3-8,11,16,20,24H,9-10H2,1-2H3. The molecule has 0 bridgehead atoms. The average Bonchev–Trinajstić information content (AvgIpc) is 3.34. The number of pyridine rings is 1. The molecular weight excluding hydrogens is 332 g/mol. The summed E-state index contributed by atoms with van der Waals surface area (Å²) in [5.74, 6) is 0.706. The van der Waals surface area contributed by atoms with Gasteiger partial charge in [-0.3, -0.25) is 0 Å². The van der Waals surface area contributed by atoms with E-state index in [-0.39, 0.29) is 6.10 Å². The quantitative estimate of drug-likeness (QED) is 0.711. The van der Waals surface area contributed by atoms with Gasteiger partial charge in [-0.05, 0) is 36.6 Å². The minimum atomic E-state index is -0.636. The van der Waals surface area contributed by atoms with E-state index in [9.17, 15) is 9.90 Å². The normalized spacial score (nSPS) is 18.9. The smallest absolute Gasteiger partial charge is 0.338 e. The molecule has 6 heteroatoms. The maximum absolute atomic E-state index is 12.1. The van der Waals surface area contributed by atoms with Crippen LogP contribution in [0.15, 0.2) is 51.7 Å². The molecule has 26 heavy (non-hydrogen) atoms. The summed E-state index contributed by atoms with van der Waals surface area (Å²) in [5, 5.41) is 10.0. The number of aliphatic hydroxyl groups excluding tert-OH is 1. The van der Waals surface area contributed by atoms with Crippen molar-refractivity contribution in [3.8, 4) is 11.1 Å².